The third-order valence-electron chi connectivity index (χ3n) is 2.28. The zero-order chi connectivity index (χ0) is 14.2. The lowest BCUT2D eigenvalue weighted by molar-refractivity contribution is 0.473. The molecule has 5 nitrogen and oxygen atoms in total. The van der Waals surface area contributed by atoms with Crippen LogP contribution in [0.1, 0.15) is 0 Å². The highest BCUT2D eigenvalue weighted by Gasteiger charge is 2.14. The molecule has 0 saturated carbocycles. The number of anilines is 1. The first-order chi connectivity index (χ1) is 8.90. The smallest absolute Gasteiger partial charge is 0.289 e. The molecule has 1 heterocycles. The van der Waals surface area contributed by atoms with Crippen LogP contribution >= 0.6 is 34.8 Å². The standard InChI is InChI=1S/C11H8Cl3N3O2/c1-17-11(18)9(14)8(4-16-17)19-10-6(12)2-5(15)3-7(10)13/h2-4H,15H2,1H3. The van der Waals surface area contributed by atoms with Crippen molar-refractivity contribution in [3.8, 4) is 11.5 Å². The number of ether oxygens (including phenoxy) is 1. The molecule has 0 saturated heterocycles. The first kappa shape index (κ1) is 14.0. The minimum atomic E-state index is -0.484. The Morgan fingerprint density at radius 2 is 1.84 bits per heavy atom. The molecule has 100 valence electrons. The Bertz CT molecular complexity index is 677. The van der Waals surface area contributed by atoms with E-state index in [0.717, 1.165) is 4.68 Å². The van der Waals surface area contributed by atoms with E-state index in [4.69, 9.17) is 45.3 Å². The van der Waals surface area contributed by atoms with Gasteiger partial charge in [0.1, 0.15) is 0 Å². The van der Waals surface area contributed by atoms with Gasteiger partial charge in [0.2, 0.25) is 0 Å². The van der Waals surface area contributed by atoms with Crippen LogP contribution in [0.4, 0.5) is 5.69 Å². The van der Waals surface area contributed by atoms with Crippen LogP contribution in [0.3, 0.4) is 0 Å². The van der Waals surface area contributed by atoms with Crippen LogP contribution in [-0.2, 0) is 7.05 Å². The monoisotopic (exact) mass is 319 g/mol. The molecule has 0 fully saturated rings. The van der Waals surface area contributed by atoms with Crippen LogP contribution in [0.2, 0.25) is 15.1 Å². The zero-order valence-electron chi connectivity index (χ0n) is 9.65. The van der Waals surface area contributed by atoms with Gasteiger partial charge in [-0.3, -0.25) is 4.79 Å². The summed E-state index contributed by atoms with van der Waals surface area (Å²) in [5, 5.41) is 4.11. The first-order valence-corrected chi connectivity index (χ1v) is 6.17. The third kappa shape index (κ3) is 2.78. The number of halogens is 3. The molecule has 8 heteroatoms. The van der Waals surface area contributed by atoms with Crippen molar-refractivity contribution in [2.45, 2.75) is 0 Å². The average molecular weight is 321 g/mol. The first-order valence-electron chi connectivity index (χ1n) is 5.04. The van der Waals surface area contributed by atoms with Gasteiger partial charge in [-0.15, -0.1) is 0 Å². The van der Waals surface area contributed by atoms with Crippen LogP contribution in [-0.4, -0.2) is 9.78 Å². The van der Waals surface area contributed by atoms with Crippen LogP contribution in [0, 0.1) is 0 Å². The zero-order valence-corrected chi connectivity index (χ0v) is 11.9. The molecule has 0 spiro atoms. The van der Waals surface area contributed by atoms with Gasteiger partial charge in [0.15, 0.2) is 16.5 Å². The third-order valence-corrected chi connectivity index (χ3v) is 3.19. The maximum absolute atomic E-state index is 11.6. The van der Waals surface area contributed by atoms with Crippen LogP contribution in [0.5, 0.6) is 11.5 Å². The lowest BCUT2D eigenvalue weighted by Gasteiger charge is -2.11. The summed E-state index contributed by atoms with van der Waals surface area (Å²) >= 11 is 17.8. The second kappa shape index (κ2) is 5.28. The van der Waals surface area contributed by atoms with E-state index in [2.05, 4.69) is 5.10 Å². The Labute approximate surface area is 123 Å². The van der Waals surface area contributed by atoms with E-state index in [0.29, 0.717) is 5.69 Å². The fourth-order valence-corrected chi connectivity index (χ4v) is 2.14. The van der Waals surface area contributed by atoms with Crippen molar-refractivity contribution in [2.24, 2.45) is 7.05 Å². The number of hydrogen-bond acceptors (Lipinski definition) is 4. The van der Waals surface area contributed by atoms with Crippen molar-refractivity contribution < 1.29 is 4.74 Å². The van der Waals surface area contributed by atoms with Gasteiger partial charge in [-0.25, -0.2) is 4.68 Å². The average Bonchev–Trinajstić information content (AvgIpc) is 2.33. The van der Waals surface area contributed by atoms with Crippen molar-refractivity contribution in [2.75, 3.05) is 5.73 Å². The predicted octanol–water partition coefficient (Wildman–Crippen LogP) is 3.12. The molecule has 0 aliphatic rings. The highest BCUT2D eigenvalue weighted by atomic mass is 35.5. The summed E-state index contributed by atoms with van der Waals surface area (Å²) in [4.78, 5) is 11.6. The molecular weight excluding hydrogens is 312 g/mol. The van der Waals surface area contributed by atoms with Crippen LogP contribution in [0.25, 0.3) is 0 Å². The number of benzene rings is 1. The summed E-state index contributed by atoms with van der Waals surface area (Å²) in [7, 11) is 1.47. The van der Waals surface area contributed by atoms with Crippen LogP contribution in [0.15, 0.2) is 23.1 Å². The molecule has 0 aliphatic carbocycles. The number of aromatic nitrogens is 2. The number of nitrogens with two attached hydrogens (primary N) is 1. The number of nitrogen functional groups attached to an aromatic ring is 1. The van der Waals surface area contributed by atoms with Crippen molar-refractivity contribution >= 4 is 40.5 Å². The van der Waals surface area contributed by atoms with Crippen molar-refractivity contribution in [1.29, 1.82) is 0 Å². The molecule has 0 unspecified atom stereocenters. The molecule has 0 radical (unpaired) electrons. The van der Waals surface area contributed by atoms with Gasteiger partial charge >= 0.3 is 0 Å². The van der Waals surface area contributed by atoms with Gasteiger partial charge in [0.25, 0.3) is 5.56 Å². The number of aryl methyl sites for hydroxylation is 1. The van der Waals surface area contributed by atoms with E-state index in [-0.39, 0.29) is 26.6 Å². The summed E-state index contributed by atoms with van der Waals surface area (Å²) in [5.41, 5.74) is 5.49. The van der Waals surface area contributed by atoms with E-state index < -0.39 is 5.56 Å². The van der Waals surface area contributed by atoms with Crippen molar-refractivity contribution in [3.63, 3.8) is 0 Å². The molecule has 2 N–H and O–H groups in total. The lowest BCUT2D eigenvalue weighted by atomic mass is 10.3. The van der Waals surface area contributed by atoms with E-state index in [9.17, 15) is 4.79 Å². The highest BCUT2D eigenvalue weighted by molar-refractivity contribution is 6.37. The SMILES string of the molecule is Cn1ncc(Oc2c(Cl)cc(N)cc2Cl)c(Cl)c1=O. The summed E-state index contributed by atoms with van der Waals surface area (Å²) in [6.45, 7) is 0. The minimum Gasteiger partial charge on any atom is -0.451 e. The Hall–Kier alpha value is -1.43. The summed E-state index contributed by atoms with van der Waals surface area (Å²) < 4.78 is 6.52. The van der Waals surface area contributed by atoms with Crippen molar-refractivity contribution in [1.82, 2.24) is 9.78 Å². The molecular formula is C11H8Cl3N3O2. The molecule has 19 heavy (non-hydrogen) atoms. The van der Waals surface area contributed by atoms with E-state index in [1.807, 2.05) is 0 Å². The fraction of sp³-hybridized carbons (Fsp3) is 0.0909. The van der Waals surface area contributed by atoms with E-state index in [1.54, 1.807) is 0 Å². The van der Waals surface area contributed by atoms with E-state index >= 15 is 0 Å². The second-order valence-electron chi connectivity index (χ2n) is 3.67. The highest BCUT2D eigenvalue weighted by Crippen LogP contribution is 2.39. The Morgan fingerprint density at radius 3 is 2.42 bits per heavy atom. The van der Waals surface area contributed by atoms with Gasteiger partial charge in [-0.05, 0) is 12.1 Å². The Morgan fingerprint density at radius 1 is 1.26 bits per heavy atom. The lowest BCUT2D eigenvalue weighted by Crippen LogP contribution is -2.19. The number of hydrogen-bond donors (Lipinski definition) is 1. The quantitative estimate of drug-likeness (QED) is 0.863. The molecule has 1 aromatic heterocycles. The predicted molar refractivity (Wildman–Crippen MR) is 75.4 cm³/mol. The second-order valence-corrected chi connectivity index (χ2v) is 4.86. The minimum absolute atomic E-state index is 0.0679. The summed E-state index contributed by atoms with van der Waals surface area (Å²) in [6, 6.07) is 2.95. The van der Waals surface area contributed by atoms with Crippen molar-refractivity contribution in [3.05, 3.63) is 43.8 Å². The largest absolute Gasteiger partial charge is 0.451 e. The molecule has 0 amide bonds. The molecule has 1 aromatic carbocycles. The Kier molecular flexibility index (Phi) is 3.89. The Balaban J connectivity index is 2.48. The van der Waals surface area contributed by atoms with Gasteiger partial charge in [-0.1, -0.05) is 34.8 Å². The molecule has 0 atom stereocenters. The van der Waals surface area contributed by atoms with Gasteiger partial charge in [0, 0.05) is 12.7 Å². The molecule has 2 aromatic rings. The number of rotatable bonds is 2. The molecule has 2 rings (SSSR count). The summed E-state index contributed by atoms with van der Waals surface area (Å²) in [5.74, 6) is 0.229. The molecule has 0 bridgehead atoms. The van der Waals surface area contributed by atoms with E-state index in [1.165, 1.54) is 25.4 Å². The number of nitrogens with zero attached hydrogens (tertiary/aromatic N) is 2. The summed E-state index contributed by atoms with van der Waals surface area (Å²) in [6.07, 6.45) is 1.30. The fourth-order valence-electron chi connectivity index (χ4n) is 1.35. The maximum atomic E-state index is 11.6. The maximum Gasteiger partial charge on any atom is 0.289 e. The van der Waals surface area contributed by atoms with Gasteiger partial charge < -0.3 is 10.5 Å². The topological polar surface area (TPSA) is 70.1 Å². The van der Waals surface area contributed by atoms with Gasteiger partial charge in [0.05, 0.1) is 16.2 Å². The van der Waals surface area contributed by atoms with Crippen LogP contribution < -0.4 is 16.0 Å². The van der Waals surface area contributed by atoms with Gasteiger partial charge in [-0.2, -0.15) is 5.10 Å². The molecule has 0 aliphatic heterocycles. The normalized spacial score (nSPS) is 10.5.